The number of anilines is 1. The maximum atomic E-state index is 14.5. The topological polar surface area (TPSA) is 254 Å². The molecule has 17 heteroatoms. The summed E-state index contributed by atoms with van der Waals surface area (Å²) in [7, 11) is 1.43. The summed E-state index contributed by atoms with van der Waals surface area (Å²) in [4.78, 5) is 53.7. The monoisotopic (exact) mass is 867 g/mol. The van der Waals surface area contributed by atoms with Gasteiger partial charge in [0.1, 0.15) is 23.4 Å². The molecule has 6 rings (SSSR count). The second-order valence-electron chi connectivity index (χ2n) is 17.0. The van der Waals surface area contributed by atoms with Crippen LogP contribution < -0.4 is 15.4 Å². The number of carboxylic acids is 1. The number of nitrogens with zero attached hydrogens (tertiary/aromatic N) is 1. The Morgan fingerprint density at radius 1 is 0.952 bits per heavy atom. The number of nitrogens with one attached hydrogen (secondary N) is 2. The molecule has 4 heterocycles. The molecule has 9 atom stereocenters. The number of methoxy groups -OCH3 is 1. The number of piperidine rings is 1. The van der Waals surface area contributed by atoms with Gasteiger partial charge in [-0.25, -0.2) is 0 Å². The van der Waals surface area contributed by atoms with Crippen molar-refractivity contribution in [2.75, 3.05) is 32.1 Å². The Morgan fingerprint density at radius 3 is 2.23 bits per heavy atom. The molecule has 0 saturated carbocycles. The van der Waals surface area contributed by atoms with Gasteiger partial charge in [0.2, 0.25) is 0 Å². The van der Waals surface area contributed by atoms with E-state index in [4.69, 9.17) is 18.9 Å². The number of aliphatic hydroxyl groups excluding tert-OH is 2. The van der Waals surface area contributed by atoms with Crippen molar-refractivity contribution in [3.8, 4) is 23.0 Å². The maximum absolute atomic E-state index is 14.5. The largest absolute Gasteiger partial charge is 0.507 e. The number of hydrogen-bond donors (Lipinski definition) is 8. The van der Waals surface area contributed by atoms with Crippen LogP contribution in [0.25, 0.3) is 10.8 Å². The number of rotatable bonds is 7. The summed E-state index contributed by atoms with van der Waals surface area (Å²) in [6.07, 6.45) is 4.58. The smallest absolute Gasteiger partial charge is 0.317 e. The number of aliphatic hydroxyl groups is 2. The highest BCUT2D eigenvalue weighted by Gasteiger charge is 2.50. The zero-order valence-corrected chi connectivity index (χ0v) is 36.7. The number of fused-ring (bicyclic) bond motifs is 14. The molecule has 340 valence electrons. The fraction of sp³-hybridized carbons (Fsp3) is 0.556. The Bertz CT molecular complexity index is 2140. The molecule has 0 aliphatic carbocycles. The molecule has 2 aromatic carbocycles. The summed E-state index contributed by atoms with van der Waals surface area (Å²) in [5.41, 5.74) is -0.208. The standard InChI is InChI=1S/C45H61N3O14/c1-21-11-10-12-22(2)44(58)47-35-29(19-46-28-13-16-48(17-14-28)20-31(50)51)39(55)32-33(40(35)56)38(54)26(6)42-34(32)43(57)45(8,62-42)60-18-15-30(59-9)23(3)41(61-27(7)49)25(5)37(53)24(4)36(21)52/h10-12,15,18,21,23-25,28,30,36-37,41,46,52-56H,13-14,16-17,19-20H2,1-9H3,(H,47,58)(H,50,51)/b11-10+,18-15+,22-12-/t21-,23+,24+,25+,30-,36-,37+,41+,45-/m0/s1. The molecule has 0 radical (unpaired) electrons. The summed E-state index contributed by atoms with van der Waals surface area (Å²) in [5.74, 6) is -9.36. The number of phenolic OH excluding ortho intramolecular Hbond substituents is 3. The van der Waals surface area contributed by atoms with Crippen LogP contribution in [0.2, 0.25) is 0 Å². The fourth-order valence-electron chi connectivity index (χ4n) is 8.69. The number of phenols is 3. The summed E-state index contributed by atoms with van der Waals surface area (Å²) in [6.45, 7) is 13.2. The van der Waals surface area contributed by atoms with E-state index in [0.717, 1.165) is 0 Å². The summed E-state index contributed by atoms with van der Waals surface area (Å²) >= 11 is 0. The number of amides is 1. The maximum Gasteiger partial charge on any atom is 0.317 e. The highest BCUT2D eigenvalue weighted by atomic mass is 16.7. The van der Waals surface area contributed by atoms with Crippen molar-refractivity contribution >= 4 is 40.1 Å². The number of ether oxygens (including phenoxy) is 4. The molecule has 2 aromatic rings. The van der Waals surface area contributed by atoms with Crippen LogP contribution in [0.1, 0.15) is 82.8 Å². The average molecular weight is 868 g/mol. The number of carbonyl (C=O) groups excluding carboxylic acids is 3. The zero-order valence-electron chi connectivity index (χ0n) is 36.7. The minimum Gasteiger partial charge on any atom is -0.507 e. The number of carboxylic acid groups (broad SMARTS) is 1. The van der Waals surface area contributed by atoms with E-state index in [9.17, 15) is 49.8 Å². The van der Waals surface area contributed by atoms with Crippen molar-refractivity contribution in [3.63, 3.8) is 0 Å². The molecule has 62 heavy (non-hydrogen) atoms. The van der Waals surface area contributed by atoms with Crippen LogP contribution in [0.4, 0.5) is 5.69 Å². The number of aliphatic carboxylic acids is 1. The lowest BCUT2D eigenvalue weighted by molar-refractivity contribution is -0.160. The molecule has 1 amide bonds. The number of allylic oxidation sites excluding steroid dienone is 2. The van der Waals surface area contributed by atoms with E-state index < -0.39 is 94.8 Å². The van der Waals surface area contributed by atoms with E-state index in [2.05, 4.69) is 10.6 Å². The molecule has 17 nitrogen and oxygen atoms in total. The number of aromatic hydroxyl groups is 3. The molecule has 1 fully saturated rings. The van der Waals surface area contributed by atoms with Gasteiger partial charge in [0, 0.05) is 92.4 Å². The molecule has 0 aromatic heterocycles. The summed E-state index contributed by atoms with van der Waals surface area (Å²) in [6, 6.07) is -0.147. The highest BCUT2D eigenvalue weighted by molar-refractivity contribution is 6.22. The molecule has 4 aliphatic heterocycles. The minimum atomic E-state index is -2.06. The lowest BCUT2D eigenvalue weighted by Crippen LogP contribution is -2.46. The third kappa shape index (κ3) is 9.71. The van der Waals surface area contributed by atoms with Crippen molar-refractivity contribution in [3.05, 3.63) is 52.8 Å². The quantitative estimate of drug-likeness (QED) is 0.109. The molecule has 4 aliphatic rings. The van der Waals surface area contributed by atoms with Crippen LogP contribution in [0.3, 0.4) is 0 Å². The molecule has 5 bridgehead atoms. The number of esters is 1. The third-order valence-electron chi connectivity index (χ3n) is 12.6. The van der Waals surface area contributed by atoms with Crippen molar-refractivity contribution in [2.45, 2.75) is 111 Å². The number of likely N-dealkylation sites (tertiary alicyclic amines) is 1. The first-order valence-corrected chi connectivity index (χ1v) is 20.9. The average Bonchev–Trinajstić information content (AvgIpc) is 3.49. The van der Waals surface area contributed by atoms with Gasteiger partial charge in [-0.15, -0.1) is 0 Å². The number of Topliss-reactive ketones (excluding diaryl/α,β-unsaturated/α-hetero) is 1. The second kappa shape index (κ2) is 19.5. The van der Waals surface area contributed by atoms with Crippen LogP contribution in [0.5, 0.6) is 23.0 Å². The Kier molecular flexibility index (Phi) is 15.0. The Hall–Kier alpha value is -5.20. The van der Waals surface area contributed by atoms with Crippen LogP contribution in [-0.4, -0.2) is 122 Å². The Labute approximate surface area is 361 Å². The lowest BCUT2D eigenvalue weighted by Gasteiger charge is -2.38. The van der Waals surface area contributed by atoms with E-state index in [0.29, 0.717) is 25.9 Å². The van der Waals surface area contributed by atoms with E-state index in [1.54, 1.807) is 44.7 Å². The van der Waals surface area contributed by atoms with Gasteiger partial charge in [-0.2, -0.15) is 0 Å². The van der Waals surface area contributed by atoms with Gasteiger partial charge in [-0.1, -0.05) is 45.9 Å². The molecule has 1 saturated heterocycles. The third-order valence-corrected chi connectivity index (χ3v) is 12.6. The summed E-state index contributed by atoms with van der Waals surface area (Å²) < 4.78 is 23.6. The first-order chi connectivity index (χ1) is 29.1. The molecule has 0 unspecified atom stereocenters. The zero-order chi connectivity index (χ0) is 46.0. The van der Waals surface area contributed by atoms with Crippen molar-refractivity contribution < 1.29 is 68.8 Å². The molecular weight excluding hydrogens is 807 g/mol. The lowest BCUT2D eigenvalue weighted by atomic mass is 9.78. The van der Waals surface area contributed by atoms with E-state index in [1.807, 2.05) is 0 Å². The van der Waals surface area contributed by atoms with Crippen molar-refractivity contribution in [2.24, 2.45) is 23.7 Å². The van der Waals surface area contributed by atoms with Gasteiger partial charge in [0.15, 0.2) is 5.75 Å². The van der Waals surface area contributed by atoms with Gasteiger partial charge in [0.05, 0.1) is 47.8 Å². The van der Waals surface area contributed by atoms with E-state index in [-0.39, 0.29) is 63.6 Å². The number of carbonyl (C=O) groups is 4. The predicted octanol–water partition coefficient (Wildman–Crippen LogP) is 4.39. The van der Waals surface area contributed by atoms with Gasteiger partial charge in [-0.3, -0.25) is 24.1 Å². The first kappa shape index (κ1) is 47.8. The van der Waals surface area contributed by atoms with Crippen LogP contribution >= 0.6 is 0 Å². The second-order valence-corrected chi connectivity index (χ2v) is 17.0. The van der Waals surface area contributed by atoms with E-state index in [1.165, 1.54) is 53.2 Å². The molecule has 8 N–H and O–H groups in total. The SMILES string of the molecule is CO[C@H]1/C=C/O[C@@]2(C)Oc3c(C)c(O)c4c(O)c(c(CNC5CCN(CC(=O)O)CC5)c(O)c4c3C2=O)NC(=O)/C(C)=C\C=C\[C@H](C)[C@H](O)[C@@H](C)[C@@H](O)[C@@H](C)[C@H](OC(C)=O)[C@@H]1C. The number of hydrogen-bond acceptors (Lipinski definition) is 15. The van der Waals surface area contributed by atoms with Crippen molar-refractivity contribution in [1.29, 1.82) is 0 Å². The Morgan fingerprint density at radius 2 is 1.61 bits per heavy atom. The van der Waals surface area contributed by atoms with Gasteiger partial charge < -0.3 is 60.2 Å². The minimum absolute atomic E-state index is 0.000407. The fourth-order valence-corrected chi connectivity index (χ4v) is 8.69. The van der Waals surface area contributed by atoms with Crippen LogP contribution in [0.15, 0.2) is 36.1 Å². The van der Waals surface area contributed by atoms with Gasteiger partial charge >= 0.3 is 17.7 Å². The van der Waals surface area contributed by atoms with Gasteiger partial charge in [-0.05, 0) is 32.8 Å². The number of ketones is 1. The van der Waals surface area contributed by atoms with Gasteiger partial charge in [0.25, 0.3) is 11.7 Å². The van der Waals surface area contributed by atoms with Crippen molar-refractivity contribution in [1.82, 2.24) is 10.2 Å². The van der Waals surface area contributed by atoms with E-state index >= 15 is 0 Å². The number of benzene rings is 2. The Balaban J connectivity index is 1.65. The van der Waals surface area contributed by atoms with Crippen LogP contribution in [0, 0.1) is 30.6 Å². The first-order valence-electron chi connectivity index (χ1n) is 20.9. The molecular formula is C45H61N3O14. The van der Waals surface area contributed by atoms with Crippen LogP contribution in [-0.2, 0) is 35.1 Å². The highest BCUT2D eigenvalue weighted by Crippen LogP contribution is 2.55. The summed E-state index contributed by atoms with van der Waals surface area (Å²) in [5, 5.41) is 73.4. The normalized spacial score (nSPS) is 31.2. The molecule has 0 spiro atoms. The predicted molar refractivity (Wildman–Crippen MR) is 228 cm³/mol.